The molecule has 0 fully saturated rings. The Bertz CT molecular complexity index is 3150. The highest BCUT2D eigenvalue weighted by molar-refractivity contribution is 5.96. The van der Waals surface area contributed by atoms with Crippen molar-refractivity contribution in [2.75, 3.05) is 58.9 Å². The largest absolute Gasteiger partial charge is 0.471 e. The van der Waals surface area contributed by atoms with Crippen LogP contribution in [0.1, 0.15) is 117 Å². The molecule has 0 saturated heterocycles. The lowest BCUT2D eigenvalue weighted by Gasteiger charge is -2.29. The normalized spacial score (nSPS) is 14.4. The first-order valence-electron chi connectivity index (χ1n) is 33.1. The number of Topliss-reactive ketones (excluding diaryl/α,β-unsaturated/α-hetero) is 1. The molecular formula is C58H79F24N15O15. The van der Waals surface area contributed by atoms with Crippen LogP contribution in [-0.4, -0.2) is 239 Å². The smallest absolute Gasteiger partial charge is 0.350 e. The van der Waals surface area contributed by atoms with Gasteiger partial charge in [-0.2, -0.15) is 105 Å². The van der Waals surface area contributed by atoms with Crippen LogP contribution in [0.3, 0.4) is 0 Å². The summed E-state index contributed by atoms with van der Waals surface area (Å²) < 4.78 is 314. The van der Waals surface area contributed by atoms with E-state index in [9.17, 15) is 177 Å². The molecule has 0 bridgehead atoms. The Labute approximate surface area is 617 Å². The van der Waals surface area contributed by atoms with Gasteiger partial charge in [0.05, 0.1) is 12.1 Å². The molecule has 0 aliphatic carbocycles. The molecule has 644 valence electrons. The van der Waals surface area contributed by atoms with Crippen molar-refractivity contribution >= 4 is 88.5 Å². The van der Waals surface area contributed by atoms with Crippen molar-refractivity contribution in [3.63, 3.8) is 0 Å². The SMILES string of the molecule is CC(=O)[C@H](CCCNC(=O)C(F)(F)F)NC(=O)[C@H](CCCNC(=O)C(F)(F)F)NC[C@H](CCCNC(=O)C(F)(F)F)NC(=O)[C@H](CCCNC(=O)C(F)(F)F)NC(=O)[C@H](CCCNC(=O)C(F)(F)F)NC(=O)[C@H](CCCNC(=O)C(F)(F)F)NC(=O)[C@H](CCCNC(=O)C(F)(F)F)NC(=O)[C@@H](C)CCCNC(=O)C(F)(F)F. The van der Waals surface area contributed by atoms with Gasteiger partial charge in [0.15, 0.2) is 5.78 Å². The molecule has 0 saturated carbocycles. The molecule has 0 spiro atoms. The zero-order chi connectivity index (χ0) is 86.6. The Morgan fingerprint density at radius 3 is 0.643 bits per heavy atom. The van der Waals surface area contributed by atoms with E-state index >= 15 is 0 Å². The standard InChI is InChI=1S/C58H79F24N15O15/c1-28(11-3-19-83-43(105)51(59,60)61)37(99)94-34(16-8-24-88-48(110)56(74,75)76)40(102)96-36(18-10-26-90-50(112)58(80,81)82)42(104)97-35(17-9-25-89-49(111)57(77,78)79)41(103)95-33(15-7-23-87-47(109)55(71,72)73)39(101)92-30(12-4-20-84-44(106)52(62,63)64)27-91-32(14-6-22-86-46(108)54(68,69)70)38(100)93-31(29(2)98)13-5-21-85-45(107)53(65,66)67/h28,30-36,91H,3-27H2,1-2H3,(H,83,105)(H,84,106)(H,85,107)(H,86,108)(H,87,109)(H,88,110)(H,89,111)(H,90,112)(H,92,101)(H,93,100)(H,94,99)(H,95,103)(H,96,102)(H,97,104)/t28-,30-,31-,32-,33-,34-,35-,36-/m0/s1. The average molecular weight is 1680 g/mol. The van der Waals surface area contributed by atoms with Crippen LogP contribution in [0.4, 0.5) is 105 Å². The van der Waals surface area contributed by atoms with E-state index in [0.29, 0.717) is 0 Å². The summed E-state index contributed by atoms with van der Waals surface area (Å²) in [4.78, 5) is 190. The van der Waals surface area contributed by atoms with Gasteiger partial charge in [-0.25, -0.2) is 0 Å². The summed E-state index contributed by atoms with van der Waals surface area (Å²) in [5.41, 5.74) is 0. The fourth-order valence-corrected chi connectivity index (χ4v) is 9.14. The van der Waals surface area contributed by atoms with Gasteiger partial charge in [-0.15, -0.1) is 0 Å². The first-order valence-corrected chi connectivity index (χ1v) is 33.1. The quantitative estimate of drug-likeness (QED) is 0.0305. The molecular weight excluding hydrogens is 1600 g/mol. The lowest BCUT2D eigenvalue weighted by atomic mass is 10.0. The molecule has 0 aromatic rings. The molecule has 112 heavy (non-hydrogen) atoms. The van der Waals surface area contributed by atoms with Crippen LogP contribution in [0.25, 0.3) is 0 Å². The molecule has 0 aromatic heterocycles. The van der Waals surface area contributed by atoms with Crippen molar-refractivity contribution in [1.29, 1.82) is 0 Å². The van der Waals surface area contributed by atoms with Gasteiger partial charge in [-0.3, -0.25) is 71.9 Å². The van der Waals surface area contributed by atoms with Gasteiger partial charge in [0.25, 0.3) is 0 Å². The van der Waals surface area contributed by atoms with Crippen LogP contribution in [0.15, 0.2) is 0 Å². The van der Waals surface area contributed by atoms with Gasteiger partial charge >= 0.3 is 96.7 Å². The lowest BCUT2D eigenvalue weighted by Crippen LogP contribution is -2.59. The Morgan fingerprint density at radius 1 is 0.232 bits per heavy atom. The molecule has 0 heterocycles. The Kier molecular flexibility index (Phi) is 43.2. The van der Waals surface area contributed by atoms with E-state index in [1.54, 1.807) is 0 Å². The number of carbonyl (C=O) groups is 15. The zero-order valence-electron chi connectivity index (χ0n) is 58.5. The van der Waals surface area contributed by atoms with E-state index in [4.69, 9.17) is 0 Å². The van der Waals surface area contributed by atoms with Gasteiger partial charge in [0.2, 0.25) is 35.4 Å². The second-order valence-corrected chi connectivity index (χ2v) is 24.2. The van der Waals surface area contributed by atoms with Crippen molar-refractivity contribution in [1.82, 2.24) is 79.8 Å². The third-order valence-electron chi connectivity index (χ3n) is 15.0. The van der Waals surface area contributed by atoms with E-state index in [1.165, 1.54) is 42.5 Å². The Hall–Kier alpha value is -9.47. The minimum atomic E-state index is -5.61. The number of amides is 14. The summed E-state index contributed by atoms with van der Waals surface area (Å²) in [5.74, 6) is -31.7. The predicted molar refractivity (Wildman–Crippen MR) is 330 cm³/mol. The van der Waals surface area contributed by atoms with Crippen LogP contribution in [0.5, 0.6) is 0 Å². The molecule has 0 aromatic carbocycles. The Balaban J connectivity index is 8.15. The first-order chi connectivity index (χ1) is 51.2. The summed E-state index contributed by atoms with van der Waals surface area (Å²) in [6.45, 7) is -6.54. The summed E-state index contributed by atoms with van der Waals surface area (Å²) in [5, 5.41) is 26.3. The highest BCUT2D eigenvalue weighted by Gasteiger charge is 2.45. The second-order valence-electron chi connectivity index (χ2n) is 24.2. The summed E-state index contributed by atoms with van der Waals surface area (Å²) >= 11 is 0. The van der Waals surface area contributed by atoms with Crippen LogP contribution < -0.4 is 79.8 Å². The van der Waals surface area contributed by atoms with E-state index in [1.807, 2.05) is 16.0 Å². The van der Waals surface area contributed by atoms with Gasteiger partial charge in [-0.05, 0) is 110 Å². The maximum atomic E-state index is 14.6. The summed E-state index contributed by atoms with van der Waals surface area (Å²) in [7, 11) is 0. The number of ketones is 1. The molecule has 0 radical (unpaired) electrons. The fourth-order valence-electron chi connectivity index (χ4n) is 9.14. The maximum Gasteiger partial charge on any atom is 0.471 e. The lowest BCUT2D eigenvalue weighted by molar-refractivity contribution is -0.173. The minimum absolute atomic E-state index is 0.392. The maximum absolute atomic E-state index is 14.6. The van der Waals surface area contributed by atoms with Gasteiger partial charge < -0.3 is 79.8 Å². The Morgan fingerprint density at radius 2 is 0.411 bits per heavy atom. The fraction of sp³-hybridized carbons (Fsp3) is 0.741. The molecule has 54 heteroatoms. The van der Waals surface area contributed by atoms with Crippen molar-refractivity contribution in [3.05, 3.63) is 0 Å². The van der Waals surface area contributed by atoms with Crippen molar-refractivity contribution in [3.8, 4) is 0 Å². The second kappa shape index (κ2) is 47.1. The highest BCUT2D eigenvalue weighted by Crippen LogP contribution is 2.22. The van der Waals surface area contributed by atoms with Crippen molar-refractivity contribution in [2.24, 2.45) is 5.92 Å². The van der Waals surface area contributed by atoms with Crippen LogP contribution in [0, 0.1) is 5.92 Å². The molecule has 30 nitrogen and oxygen atoms in total. The molecule has 14 amide bonds. The monoisotopic (exact) mass is 1680 g/mol. The van der Waals surface area contributed by atoms with Gasteiger partial charge in [-0.1, -0.05) is 6.92 Å². The number of rotatable bonds is 48. The topological polar surface area (TPSA) is 436 Å². The third kappa shape index (κ3) is 43.4. The molecule has 8 atom stereocenters. The number of nitrogens with one attached hydrogen (secondary N) is 15. The minimum Gasteiger partial charge on any atom is -0.350 e. The molecule has 0 aliphatic rings. The van der Waals surface area contributed by atoms with E-state index < -0.39 is 348 Å². The van der Waals surface area contributed by atoms with Crippen LogP contribution >= 0.6 is 0 Å². The highest BCUT2D eigenvalue weighted by atomic mass is 19.4. The molecule has 0 unspecified atom stereocenters. The number of halogens is 24. The predicted octanol–water partition coefficient (Wildman–Crippen LogP) is 1.75. The average Bonchev–Trinajstić information content (AvgIpc) is 0.859. The molecule has 15 N–H and O–H groups in total. The number of alkyl halides is 24. The van der Waals surface area contributed by atoms with Gasteiger partial charge in [0, 0.05) is 70.9 Å². The van der Waals surface area contributed by atoms with E-state index in [2.05, 4.69) is 21.3 Å². The zero-order valence-corrected chi connectivity index (χ0v) is 58.5. The number of hydrogen-bond donors (Lipinski definition) is 15. The van der Waals surface area contributed by atoms with Crippen LogP contribution in [-0.2, 0) is 71.9 Å². The molecule has 0 aliphatic heterocycles. The summed E-state index contributed by atoms with van der Waals surface area (Å²) in [6, 6.07) is -14.4. The van der Waals surface area contributed by atoms with E-state index in [-0.39, 0.29) is 0 Å². The van der Waals surface area contributed by atoms with Crippen molar-refractivity contribution in [2.45, 2.75) is 208 Å². The third-order valence-corrected chi connectivity index (χ3v) is 15.0. The van der Waals surface area contributed by atoms with Gasteiger partial charge in [0.1, 0.15) is 24.2 Å². The van der Waals surface area contributed by atoms with E-state index in [0.717, 1.165) is 13.8 Å². The van der Waals surface area contributed by atoms with Crippen molar-refractivity contribution < 1.29 is 177 Å². The summed E-state index contributed by atoms with van der Waals surface area (Å²) in [6.07, 6.45) is -55.7. The first kappa shape index (κ1) is 103. The molecule has 0 rings (SSSR count). The van der Waals surface area contributed by atoms with Crippen LogP contribution in [0.2, 0.25) is 0 Å². The number of carbonyl (C=O) groups excluding carboxylic acids is 15. The number of hydrogen-bond acceptors (Lipinski definition) is 16.